The minimum atomic E-state index is -0.638. The van der Waals surface area contributed by atoms with Crippen LogP contribution in [0.2, 0.25) is 0 Å². The summed E-state index contributed by atoms with van der Waals surface area (Å²) in [4.78, 5) is 35.6. The van der Waals surface area contributed by atoms with Crippen LogP contribution >= 0.6 is 0 Å². The van der Waals surface area contributed by atoms with E-state index in [4.69, 9.17) is 4.74 Å². The van der Waals surface area contributed by atoms with Crippen LogP contribution in [0.25, 0.3) is 0 Å². The zero-order chi connectivity index (χ0) is 17.7. The van der Waals surface area contributed by atoms with Crippen molar-refractivity contribution in [2.24, 2.45) is 0 Å². The second-order valence-electron chi connectivity index (χ2n) is 6.35. The van der Waals surface area contributed by atoms with Gasteiger partial charge in [-0.15, -0.1) is 0 Å². The van der Waals surface area contributed by atoms with E-state index in [-0.39, 0.29) is 6.04 Å². The van der Waals surface area contributed by atoms with Crippen LogP contribution in [0.5, 0.6) is 0 Å². The molecule has 2 rings (SSSR count). The Morgan fingerprint density at radius 1 is 1.08 bits per heavy atom. The molecule has 1 aliphatic carbocycles. The molecule has 0 unspecified atom stereocenters. The van der Waals surface area contributed by atoms with Crippen LogP contribution in [0, 0.1) is 20.8 Å². The Balaban J connectivity index is 1.83. The van der Waals surface area contributed by atoms with Crippen LogP contribution in [0.15, 0.2) is 12.1 Å². The number of ether oxygens (including phenoxy) is 1. The van der Waals surface area contributed by atoms with Gasteiger partial charge in [-0.3, -0.25) is 10.1 Å². The summed E-state index contributed by atoms with van der Waals surface area (Å²) in [5.74, 6) is -1.20. The number of carbonyl (C=O) groups excluding carboxylic acids is 3. The third-order valence-corrected chi connectivity index (χ3v) is 4.16. The summed E-state index contributed by atoms with van der Waals surface area (Å²) in [7, 11) is 0. The third kappa shape index (κ3) is 4.81. The van der Waals surface area contributed by atoms with E-state index in [1.54, 1.807) is 0 Å². The molecule has 3 amide bonds. The number of hydrogen-bond donors (Lipinski definition) is 2. The molecule has 1 fully saturated rings. The van der Waals surface area contributed by atoms with Gasteiger partial charge < -0.3 is 10.1 Å². The lowest BCUT2D eigenvalue weighted by Crippen LogP contribution is -2.45. The van der Waals surface area contributed by atoms with Crippen molar-refractivity contribution in [3.05, 3.63) is 34.4 Å². The summed E-state index contributed by atoms with van der Waals surface area (Å²) in [6, 6.07) is 3.36. The van der Waals surface area contributed by atoms with Crippen molar-refractivity contribution in [2.45, 2.75) is 52.5 Å². The molecule has 1 aromatic carbocycles. The van der Waals surface area contributed by atoms with E-state index in [1.807, 2.05) is 32.9 Å². The first-order chi connectivity index (χ1) is 11.4. The molecular formula is C18H24N2O4. The largest absolute Gasteiger partial charge is 0.452 e. The fourth-order valence-electron chi connectivity index (χ4n) is 3.16. The number of imide groups is 1. The molecule has 0 bridgehead atoms. The third-order valence-electron chi connectivity index (χ3n) is 4.16. The molecular weight excluding hydrogens is 308 g/mol. The lowest BCUT2D eigenvalue weighted by atomic mass is 10.00. The molecule has 0 heterocycles. The quantitative estimate of drug-likeness (QED) is 0.830. The Morgan fingerprint density at radius 3 is 2.25 bits per heavy atom. The van der Waals surface area contributed by atoms with Gasteiger partial charge in [0.25, 0.3) is 5.91 Å². The molecule has 0 aliphatic heterocycles. The maximum atomic E-state index is 12.2. The summed E-state index contributed by atoms with van der Waals surface area (Å²) >= 11 is 0. The molecule has 0 saturated heterocycles. The van der Waals surface area contributed by atoms with Crippen molar-refractivity contribution in [3.8, 4) is 0 Å². The predicted octanol–water partition coefficient (Wildman–Crippen LogP) is 2.54. The van der Waals surface area contributed by atoms with Crippen molar-refractivity contribution in [1.82, 2.24) is 10.6 Å². The van der Waals surface area contributed by atoms with E-state index in [0.29, 0.717) is 5.56 Å². The summed E-state index contributed by atoms with van der Waals surface area (Å²) in [6.45, 7) is 5.12. The number of nitrogens with one attached hydrogen (secondary N) is 2. The monoisotopic (exact) mass is 332 g/mol. The van der Waals surface area contributed by atoms with Gasteiger partial charge >= 0.3 is 12.0 Å². The molecule has 6 nitrogen and oxygen atoms in total. The fourth-order valence-corrected chi connectivity index (χ4v) is 3.16. The minimum absolute atomic E-state index is 0.123. The van der Waals surface area contributed by atoms with Crippen LogP contribution in [-0.2, 0) is 9.53 Å². The maximum Gasteiger partial charge on any atom is 0.339 e. The molecule has 2 N–H and O–H groups in total. The van der Waals surface area contributed by atoms with E-state index in [9.17, 15) is 14.4 Å². The number of esters is 1. The Kier molecular flexibility index (Phi) is 5.95. The van der Waals surface area contributed by atoms with Crippen molar-refractivity contribution in [1.29, 1.82) is 0 Å². The lowest BCUT2D eigenvalue weighted by molar-refractivity contribution is -0.123. The standard InChI is InChI=1S/C18H24N2O4/c1-11-8-12(2)16(13(3)9-11)17(22)24-10-15(21)20-18(23)19-14-6-4-5-7-14/h8-9,14H,4-7,10H2,1-3H3,(H2,19,20,21,23). The maximum absolute atomic E-state index is 12.2. The highest BCUT2D eigenvalue weighted by atomic mass is 16.5. The Hall–Kier alpha value is -2.37. The Bertz CT molecular complexity index is 625. The average Bonchev–Trinajstić information content (AvgIpc) is 2.96. The second kappa shape index (κ2) is 7.95. The molecule has 1 aliphatic rings. The lowest BCUT2D eigenvalue weighted by Gasteiger charge is -2.13. The van der Waals surface area contributed by atoms with Crippen LogP contribution in [0.1, 0.15) is 52.7 Å². The molecule has 0 aromatic heterocycles. The first-order valence-corrected chi connectivity index (χ1v) is 8.22. The Morgan fingerprint density at radius 2 is 1.67 bits per heavy atom. The van der Waals surface area contributed by atoms with Gasteiger partial charge in [-0.1, -0.05) is 30.5 Å². The van der Waals surface area contributed by atoms with Gasteiger partial charge in [0.1, 0.15) is 0 Å². The van der Waals surface area contributed by atoms with Crippen LogP contribution in [-0.4, -0.2) is 30.6 Å². The van der Waals surface area contributed by atoms with Gasteiger partial charge in [-0.2, -0.15) is 0 Å². The number of hydrogen-bond acceptors (Lipinski definition) is 4. The smallest absolute Gasteiger partial charge is 0.339 e. The average molecular weight is 332 g/mol. The molecule has 6 heteroatoms. The SMILES string of the molecule is Cc1cc(C)c(C(=O)OCC(=O)NC(=O)NC2CCCC2)c(C)c1. The molecule has 1 saturated carbocycles. The molecule has 0 atom stereocenters. The molecule has 130 valence electrons. The van der Waals surface area contributed by atoms with Gasteiger partial charge in [-0.05, 0) is 44.7 Å². The highest BCUT2D eigenvalue weighted by Crippen LogP contribution is 2.18. The van der Waals surface area contributed by atoms with Gasteiger partial charge in [0.05, 0.1) is 5.56 Å². The normalized spacial score (nSPS) is 14.3. The van der Waals surface area contributed by atoms with Crippen LogP contribution in [0.4, 0.5) is 4.79 Å². The first kappa shape index (κ1) is 18.0. The highest BCUT2D eigenvalue weighted by Gasteiger charge is 2.19. The number of benzene rings is 1. The van der Waals surface area contributed by atoms with Crippen LogP contribution < -0.4 is 10.6 Å². The van der Waals surface area contributed by atoms with Crippen LogP contribution in [0.3, 0.4) is 0 Å². The predicted molar refractivity (Wildman–Crippen MR) is 89.9 cm³/mol. The molecule has 0 radical (unpaired) electrons. The molecule has 0 spiro atoms. The number of carbonyl (C=O) groups is 3. The highest BCUT2D eigenvalue weighted by molar-refractivity contribution is 5.98. The number of aryl methyl sites for hydroxylation is 3. The Labute approximate surface area is 142 Å². The minimum Gasteiger partial charge on any atom is -0.452 e. The van der Waals surface area contributed by atoms with E-state index >= 15 is 0 Å². The first-order valence-electron chi connectivity index (χ1n) is 8.22. The topological polar surface area (TPSA) is 84.5 Å². The zero-order valence-corrected chi connectivity index (χ0v) is 14.4. The summed E-state index contributed by atoms with van der Waals surface area (Å²) in [5.41, 5.74) is 3.13. The zero-order valence-electron chi connectivity index (χ0n) is 14.4. The van der Waals surface area contributed by atoms with Gasteiger partial charge in [-0.25, -0.2) is 9.59 Å². The van der Waals surface area contributed by atoms with Crippen molar-refractivity contribution < 1.29 is 19.1 Å². The van der Waals surface area contributed by atoms with Gasteiger partial charge in [0.2, 0.25) is 0 Å². The van der Waals surface area contributed by atoms with E-state index in [2.05, 4.69) is 10.6 Å². The van der Waals surface area contributed by atoms with Gasteiger partial charge in [0, 0.05) is 6.04 Å². The molecule has 1 aromatic rings. The summed E-state index contributed by atoms with van der Waals surface area (Å²) in [6.07, 6.45) is 4.04. The summed E-state index contributed by atoms with van der Waals surface area (Å²) < 4.78 is 5.03. The van der Waals surface area contributed by atoms with Crippen molar-refractivity contribution in [2.75, 3.05) is 6.61 Å². The fraction of sp³-hybridized carbons (Fsp3) is 0.500. The molecule has 24 heavy (non-hydrogen) atoms. The van der Waals surface area contributed by atoms with Crippen molar-refractivity contribution in [3.63, 3.8) is 0 Å². The number of urea groups is 1. The van der Waals surface area contributed by atoms with E-state index < -0.39 is 24.5 Å². The van der Waals surface area contributed by atoms with Crippen molar-refractivity contribution >= 4 is 17.9 Å². The van der Waals surface area contributed by atoms with E-state index in [0.717, 1.165) is 42.4 Å². The second-order valence-corrected chi connectivity index (χ2v) is 6.35. The summed E-state index contributed by atoms with van der Waals surface area (Å²) in [5, 5.41) is 4.93. The number of amides is 3. The van der Waals surface area contributed by atoms with Gasteiger partial charge in [0.15, 0.2) is 6.61 Å². The van der Waals surface area contributed by atoms with E-state index in [1.165, 1.54) is 0 Å². The number of rotatable bonds is 4.